The molecule has 0 aliphatic heterocycles. The Bertz CT molecular complexity index is 1140. The van der Waals surface area contributed by atoms with Crippen LogP contribution in [-0.4, -0.2) is 17.7 Å². The fourth-order valence-corrected chi connectivity index (χ4v) is 3.37. The molecular formula is C28H34N3+. The topological polar surface area (TPSA) is 39.4 Å². The molecule has 1 heterocycles. The van der Waals surface area contributed by atoms with Crippen molar-refractivity contribution in [2.45, 2.75) is 40.5 Å². The Balaban J connectivity index is 0.000000807. The maximum Gasteiger partial charge on any atom is 0.237 e. The van der Waals surface area contributed by atoms with Gasteiger partial charge in [-0.15, -0.1) is 0 Å². The van der Waals surface area contributed by atoms with E-state index >= 15 is 0 Å². The van der Waals surface area contributed by atoms with Crippen LogP contribution in [0.2, 0.25) is 0 Å². The van der Waals surface area contributed by atoms with E-state index in [2.05, 4.69) is 65.5 Å². The molecule has 0 saturated heterocycles. The van der Waals surface area contributed by atoms with Gasteiger partial charge in [-0.1, -0.05) is 83.1 Å². The number of aromatic nitrogens is 2. The Morgan fingerprint density at radius 3 is 2.19 bits per heavy atom. The zero-order chi connectivity index (χ0) is 22.6. The first kappa shape index (κ1) is 23.9. The molecule has 3 aromatic carbocycles. The van der Waals surface area contributed by atoms with E-state index in [-0.39, 0.29) is 5.92 Å². The van der Waals surface area contributed by atoms with Gasteiger partial charge in [0, 0.05) is 30.3 Å². The molecule has 1 aromatic heterocycles. The van der Waals surface area contributed by atoms with Gasteiger partial charge in [0.05, 0.1) is 0 Å². The van der Waals surface area contributed by atoms with E-state index in [1.165, 1.54) is 5.56 Å². The highest BCUT2D eigenvalue weighted by Gasteiger charge is 2.12. The number of nitrogens with zero attached hydrogens (tertiary/aromatic N) is 2. The van der Waals surface area contributed by atoms with Crippen LogP contribution in [-0.2, 0) is 0 Å². The second kappa shape index (κ2) is 12.4. The summed E-state index contributed by atoms with van der Waals surface area (Å²) < 4.78 is 0. The number of nitrogens with one attached hydrogen (secondary N) is 1. The van der Waals surface area contributed by atoms with Gasteiger partial charge in [-0.25, -0.2) is 9.97 Å². The first-order valence-corrected chi connectivity index (χ1v) is 11.2. The van der Waals surface area contributed by atoms with Gasteiger partial charge in [-0.3, -0.25) is 4.99 Å². The number of allylic oxidation sites excluding steroid dienone is 1. The number of hydrogen-bond donors (Lipinski definition) is 0. The van der Waals surface area contributed by atoms with Gasteiger partial charge in [0.2, 0.25) is 11.0 Å². The van der Waals surface area contributed by atoms with Gasteiger partial charge in [-0.05, 0) is 35.9 Å². The summed E-state index contributed by atoms with van der Waals surface area (Å²) in [6, 6.07) is 24.8. The molecule has 1 N–H and O–H groups in total. The highest BCUT2D eigenvalue weighted by Crippen LogP contribution is 2.20. The normalized spacial score (nSPS) is 12.1. The molecule has 0 bridgehead atoms. The Kier molecular flexibility index (Phi) is 9.57. The summed E-state index contributed by atoms with van der Waals surface area (Å²) in [5.74, 6) is 0.241. The summed E-state index contributed by atoms with van der Waals surface area (Å²) in [6.45, 7) is 10.2. The third-order valence-corrected chi connectivity index (χ3v) is 4.91. The van der Waals surface area contributed by atoms with Gasteiger partial charge in [-0.2, -0.15) is 0 Å². The van der Waals surface area contributed by atoms with Crippen molar-refractivity contribution >= 4 is 33.9 Å². The number of fused-ring (bicyclic) bond motifs is 2. The van der Waals surface area contributed by atoms with Crippen molar-refractivity contribution in [2.75, 3.05) is 7.05 Å². The zero-order valence-corrected chi connectivity index (χ0v) is 19.6. The van der Waals surface area contributed by atoms with Crippen LogP contribution >= 0.6 is 0 Å². The van der Waals surface area contributed by atoms with Crippen molar-refractivity contribution < 1.29 is 4.98 Å². The maximum atomic E-state index is 4.77. The van der Waals surface area contributed by atoms with E-state index in [4.69, 9.17) is 4.98 Å². The molecular weight excluding hydrogens is 378 g/mol. The quantitative estimate of drug-likeness (QED) is 0.259. The summed E-state index contributed by atoms with van der Waals surface area (Å²) >= 11 is 0. The molecule has 1 atom stereocenters. The Morgan fingerprint density at radius 1 is 0.839 bits per heavy atom. The highest BCUT2D eigenvalue weighted by atomic mass is 14.8. The lowest BCUT2D eigenvalue weighted by Crippen LogP contribution is -2.09. The predicted octanol–water partition coefficient (Wildman–Crippen LogP) is 7.14. The number of H-pyrrole nitrogens is 1. The van der Waals surface area contributed by atoms with Crippen molar-refractivity contribution in [3.63, 3.8) is 0 Å². The predicted molar refractivity (Wildman–Crippen MR) is 136 cm³/mol. The lowest BCUT2D eigenvalue weighted by Gasteiger charge is -2.11. The molecule has 0 amide bonds. The van der Waals surface area contributed by atoms with Crippen molar-refractivity contribution in [1.29, 1.82) is 0 Å². The average Bonchev–Trinajstić information content (AvgIpc) is 2.86. The Labute approximate surface area is 186 Å². The molecule has 0 spiro atoms. The van der Waals surface area contributed by atoms with Crippen molar-refractivity contribution in [3.05, 3.63) is 90.0 Å². The largest absolute Gasteiger partial charge is 0.292 e. The maximum absolute atomic E-state index is 4.77. The fraction of sp³-hybridized carbons (Fsp3) is 0.250. The molecule has 4 rings (SSSR count). The zero-order valence-electron chi connectivity index (χ0n) is 19.6. The first-order chi connectivity index (χ1) is 15.3. The third kappa shape index (κ3) is 5.85. The van der Waals surface area contributed by atoms with Gasteiger partial charge >= 0.3 is 0 Å². The summed E-state index contributed by atoms with van der Waals surface area (Å²) in [5, 5.41) is 0. The van der Waals surface area contributed by atoms with Gasteiger partial charge in [0.25, 0.3) is 0 Å². The molecule has 160 valence electrons. The molecule has 4 aromatic rings. The fourth-order valence-electron chi connectivity index (χ4n) is 3.37. The van der Waals surface area contributed by atoms with Crippen LogP contribution in [0.1, 0.15) is 51.7 Å². The van der Waals surface area contributed by atoms with Crippen LogP contribution in [0.25, 0.3) is 28.1 Å². The number of benzene rings is 3. The van der Waals surface area contributed by atoms with E-state index in [0.717, 1.165) is 33.3 Å². The molecule has 0 aliphatic carbocycles. The van der Waals surface area contributed by atoms with Crippen molar-refractivity contribution in [3.8, 4) is 0 Å². The van der Waals surface area contributed by atoms with E-state index in [1.54, 1.807) is 0 Å². The Hall–Kier alpha value is -3.33. The molecule has 0 radical (unpaired) electrons. The minimum atomic E-state index is 0.241. The van der Waals surface area contributed by atoms with Crippen molar-refractivity contribution in [1.82, 2.24) is 4.98 Å². The number of aromatic amines is 1. The molecule has 3 nitrogen and oxygen atoms in total. The van der Waals surface area contributed by atoms with Gasteiger partial charge < -0.3 is 0 Å². The van der Waals surface area contributed by atoms with E-state index < -0.39 is 0 Å². The minimum Gasteiger partial charge on any atom is -0.292 e. The van der Waals surface area contributed by atoms with Crippen LogP contribution in [0, 0.1) is 0 Å². The van der Waals surface area contributed by atoms with E-state index in [1.807, 2.05) is 71.1 Å². The Morgan fingerprint density at radius 2 is 1.48 bits per heavy atom. The standard InChI is InChI=1S/C24H21N3.2C2H6/c1-17(18-9-4-3-5-10-18)20(25-2)16-15-19-11-8-14-23-24(19)27-22-13-7-6-12-21(22)26-23;2*1-2/h3-17H,1-2H3;2*1-2H3/p+1/b16-15+,25-20?;;. The summed E-state index contributed by atoms with van der Waals surface area (Å²) in [5.41, 5.74) is 7.42. The number of hydrogen-bond acceptors (Lipinski definition) is 2. The van der Waals surface area contributed by atoms with Gasteiger partial charge in [0.15, 0.2) is 0 Å². The smallest absolute Gasteiger partial charge is 0.237 e. The molecule has 0 aliphatic rings. The molecule has 3 heteroatoms. The molecule has 31 heavy (non-hydrogen) atoms. The van der Waals surface area contributed by atoms with E-state index in [0.29, 0.717) is 0 Å². The molecule has 0 fully saturated rings. The van der Waals surface area contributed by atoms with Crippen LogP contribution in [0.3, 0.4) is 0 Å². The van der Waals surface area contributed by atoms with Crippen LogP contribution in [0.5, 0.6) is 0 Å². The SMILES string of the molecule is CC.CC.CN=C(/C=C/c1cccc2nc3ccccc3[nH+]c12)C(C)c1ccccc1. The number of aliphatic imine (C=N–C) groups is 1. The summed E-state index contributed by atoms with van der Waals surface area (Å²) in [4.78, 5) is 12.8. The minimum absolute atomic E-state index is 0.241. The second-order valence-electron chi connectivity index (χ2n) is 6.61. The number of para-hydroxylation sites is 3. The summed E-state index contributed by atoms with van der Waals surface area (Å²) in [6.07, 6.45) is 4.23. The average molecular weight is 413 g/mol. The highest BCUT2D eigenvalue weighted by molar-refractivity contribution is 6.03. The molecule has 1 unspecified atom stereocenters. The van der Waals surface area contributed by atoms with Crippen LogP contribution in [0.15, 0.2) is 83.9 Å². The number of rotatable bonds is 4. The first-order valence-electron chi connectivity index (χ1n) is 11.2. The van der Waals surface area contributed by atoms with Crippen LogP contribution < -0.4 is 4.98 Å². The summed E-state index contributed by atoms with van der Waals surface area (Å²) in [7, 11) is 1.85. The third-order valence-electron chi connectivity index (χ3n) is 4.91. The molecule has 0 saturated carbocycles. The monoisotopic (exact) mass is 412 g/mol. The lowest BCUT2D eigenvalue weighted by atomic mass is 9.95. The lowest BCUT2D eigenvalue weighted by molar-refractivity contribution is -0.310. The van der Waals surface area contributed by atoms with Crippen LogP contribution in [0.4, 0.5) is 0 Å². The van der Waals surface area contributed by atoms with Crippen molar-refractivity contribution in [2.24, 2.45) is 4.99 Å². The van der Waals surface area contributed by atoms with Gasteiger partial charge in [0.1, 0.15) is 11.0 Å². The van der Waals surface area contributed by atoms with E-state index in [9.17, 15) is 0 Å². The second-order valence-corrected chi connectivity index (χ2v) is 6.61.